The molecule has 0 unspecified atom stereocenters. The molecule has 0 aliphatic carbocycles. The second-order valence-corrected chi connectivity index (χ2v) is 5.32. The molecule has 0 bridgehead atoms. The lowest BCUT2D eigenvalue weighted by molar-refractivity contribution is -0.137. The molecular weight excluding hydrogens is 357 g/mol. The van der Waals surface area contributed by atoms with Crippen molar-refractivity contribution < 1.29 is 18.0 Å². The van der Waals surface area contributed by atoms with Gasteiger partial charge in [0.25, 0.3) is 0 Å². The zero-order valence-corrected chi connectivity index (χ0v) is 12.2. The highest BCUT2D eigenvalue weighted by Gasteiger charge is 2.35. The molecule has 0 heterocycles. The number of rotatable bonds is 2. The Hall–Kier alpha value is -1.33. The van der Waals surface area contributed by atoms with Crippen LogP contribution < -0.4 is 0 Å². The molecule has 2 aromatic carbocycles. The number of hydrogen-bond donors (Lipinski definition) is 0. The normalized spacial score (nSPS) is 11.4. The zero-order valence-electron chi connectivity index (χ0n) is 9.84. The minimum Gasteiger partial charge on any atom is -0.289 e. The maximum atomic E-state index is 12.9. The largest absolute Gasteiger partial charge is 0.417 e. The topological polar surface area (TPSA) is 17.1 Å². The number of carbonyl (C=O) groups is 1. The molecule has 0 saturated heterocycles. The number of hydrogen-bond acceptors (Lipinski definition) is 1. The molecule has 0 atom stereocenters. The van der Waals surface area contributed by atoms with Crippen LogP contribution in [0.3, 0.4) is 0 Å². The third-order valence-corrected chi connectivity index (χ3v) is 3.46. The highest BCUT2D eigenvalue weighted by molar-refractivity contribution is 9.10. The third-order valence-electron chi connectivity index (χ3n) is 2.65. The third kappa shape index (κ3) is 3.04. The number of ketones is 1. The summed E-state index contributed by atoms with van der Waals surface area (Å²) in [5.74, 6) is -0.754. The van der Waals surface area contributed by atoms with Gasteiger partial charge in [-0.15, -0.1) is 0 Å². The van der Waals surface area contributed by atoms with Gasteiger partial charge in [0.15, 0.2) is 5.78 Å². The van der Waals surface area contributed by atoms with E-state index in [1.807, 2.05) is 0 Å². The number of halogens is 5. The molecule has 1 nitrogen and oxygen atoms in total. The molecule has 0 aliphatic rings. The molecule has 0 aromatic heterocycles. The highest BCUT2D eigenvalue weighted by Crippen LogP contribution is 2.34. The first-order chi connectivity index (χ1) is 9.30. The van der Waals surface area contributed by atoms with E-state index in [4.69, 9.17) is 11.6 Å². The van der Waals surface area contributed by atoms with Gasteiger partial charge in [-0.25, -0.2) is 0 Å². The van der Waals surface area contributed by atoms with Crippen molar-refractivity contribution in [2.45, 2.75) is 6.18 Å². The van der Waals surface area contributed by atoms with Crippen molar-refractivity contribution in [2.24, 2.45) is 0 Å². The summed E-state index contributed by atoms with van der Waals surface area (Å²) in [6.07, 6.45) is -4.59. The van der Waals surface area contributed by atoms with Crippen LogP contribution in [0.25, 0.3) is 0 Å². The quantitative estimate of drug-likeness (QED) is 0.657. The molecule has 2 aromatic rings. The van der Waals surface area contributed by atoms with Crippen molar-refractivity contribution in [1.29, 1.82) is 0 Å². The van der Waals surface area contributed by atoms with Gasteiger partial charge in [0.05, 0.1) is 10.6 Å². The maximum Gasteiger partial charge on any atom is 0.417 e. The fourth-order valence-corrected chi connectivity index (χ4v) is 2.51. The lowest BCUT2D eigenvalue weighted by Gasteiger charge is -2.12. The summed E-state index contributed by atoms with van der Waals surface area (Å²) in [5, 5.41) is 0.0985. The van der Waals surface area contributed by atoms with Gasteiger partial charge in [0.1, 0.15) is 0 Å². The van der Waals surface area contributed by atoms with Gasteiger partial charge in [0, 0.05) is 15.6 Å². The predicted molar refractivity (Wildman–Crippen MR) is 74.0 cm³/mol. The molecule has 0 radical (unpaired) electrons. The van der Waals surface area contributed by atoms with Crippen LogP contribution >= 0.6 is 27.5 Å². The summed E-state index contributed by atoms with van der Waals surface area (Å²) in [7, 11) is 0. The van der Waals surface area contributed by atoms with E-state index in [1.54, 1.807) is 6.07 Å². The zero-order chi connectivity index (χ0) is 14.9. The Morgan fingerprint density at radius 3 is 2.30 bits per heavy atom. The van der Waals surface area contributed by atoms with Gasteiger partial charge < -0.3 is 0 Å². The van der Waals surface area contributed by atoms with E-state index < -0.39 is 23.1 Å². The Bertz CT molecular complexity index is 668. The Labute approximate surface area is 126 Å². The van der Waals surface area contributed by atoms with Crippen molar-refractivity contribution in [2.75, 3.05) is 0 Å². The SMILES string of the molecule is O=C(c1ccc(Br)cc1Cl)c1ccccc1C(F)(F)F. The minimum atomic E-state index is -4.59. The molecule has 0 spiro atoms. The van der Waals surface area contributed by atoms with E-state index in [-0.39, 0.29) is 10.6 Å². The van der Waals surface area contributed by atoms with Crippen molar-refractivity contribution in [3.63, 3.8) is 0 Å². The van der Waals surface area contributed by atoms with Crippen molar-refractivity contribution in [3.05, 3.63) is 68.7 Å². The summed E-state index contributed by atoms with van der Waals surface area (Å²) < 4.78 is 39.3. The minimum absolute atomic E-state index is 0.0339. The van der Waals surface area contributed by atoms with E-state index in [0.29, 0.717) is 4.47 Å². The number of carbonyl (C=O) groups excluding carboxylic acids is 1. The molecule has 0 amide bonds. The molecule has 2 rings (SSSR count). The Kier molecular flexibility index (Phi) is 4.20. The van der Waals surface area contributed by atoms with Crippen molar-refractivity contribution in [1.82, 2.24) is 0 Å². The van der Waals surface area contributed by atoms with Gasteiger partial charge >= 0.3 is 6.18 Å². The molecule has 0 saturated carbocycles. The number of alkyl halides is 3. The van der Waals surface area contributed by atoms with Crippen LogP contribution in [-0.4, -0.2) is 5.78 Å². The molecular formula is C14H7BrClF3O. The van der Waals surface area contributed by atoms with Gasteiger partial charge in [-0.2, -0.15) is 13.2 Å². The van der Waals surface area contributed by atoms with Gasteiger partial charge in [-0.05, 0) is 24.3 Å². The Morgan fingerprint density at radius 2 is 1.70 bits per heavy atom. The van der Waals surface area contributed by atoms with Crippen molar-refractivity contribution in [3.8, 4) is 0 Å². The van der Waals surface area contributed by atoms with Crippen LogP contribution in [0.15, 0.2) is 46.9 Å². The summed E-state index contributed by atoms with van der Waals surface area (Å²) in [5.41, 5.74) is -1.35. The van der Waals surface area contributed by atoms with Crippen LogP contribution in [0.2, 0.25) is 5.02 Å². The van der Waals surface area contributed by atoms with E-state index in [2.05, 4.69) is 15.9 Å². The summed E-state index contributed by atoms with van der Waals surface area (Å²) in [4.78, 5) is 12.2. The Morgan fingerprint density at radius 1 is 1.05 bits per heavy atom. The van der Waals surface area contributed by atoms with Crippen LogP contribution in [0.1, 0.15) is 21.5 Å². The van der Waals surface area contributed by atoms with Crippen LogP contribution in [0.4, 0.5) is 13.2 Å². The first-order valence-electron chi connectivity index (χ1n) is 5.46. The van der Waals surface area contributed by atoms with E-state index in [0.717, 1.165) is 12.1 Å². The van der Waals surface area contributed by atoms with Crippen LogP contribution in [0, 0.1) is 0 Å². The summed E-state index contributed by atoms with van der Waals surface area (Å²) >= 11 is 9.08. The monoisotopic (exact) mass is 362 g/mol. The highest BCUT2D eigenvalue weighted by atomic mass is 79.9. The lowest BCUT2D eigenvalue weighted by Crippen LogP contribution is -2.13. The van der Waals surface area contributed by atoms with Gasteiger partial charge in [-0.3, -0.25) is 4.79 Å². The molecule has 0 aliphatic heterocycles. The molecule has 0 fully saturated rings. The van der Waals surface area contributed by atoms with Crippen LogP contribution in [-0.2, 0) is 6.18 Å². The van der Waals surface area contributed by atoms with E-state index in [9.17, 15) is 18.0 Å². The first kappa shape index (κ1) is 15.1. The molecule has 20 heavy (non-hydrogen) atoms. The second kappa shape index (κ2) is 5.58. The summed E-state index contributed by atoms with van der Waals surface area (Å²) in [6.45, 7) is 0. The molecule has 0 N–H and O–H groups in total. The second-order valence-electron chi connectivity index (χ2n) is 4.00. The predicted octanol–water partition coefficient (Wildman–Crippen LogP) is 5.35. The standard InChI is InChI=1S/C14H7BrClF3O/c15-8-5-6-10(12(16)7-8)13(20)9-3-1-2-4-11(9)14(17,18)19/h1-7H. The first-order valence-corrected chi connectivity index (χ1v) is 6.64. The van der Waals surface area contributed by atoms with Gasteiger partial charge in [-0.1, -0.05) is 45.7 Å². The lowest BCUT2D eigenvalue weighted by atomic mass is 9.98. The summed E-state index contributed by atoms with van der Waals surface area (Å²) in [6, 6.07) is 9.05. The Balaban J connectivity index is 2.55. The maximum absolute atomic E-state index is 12.9. The smallest absolute Gasteiger partial charge is 0.289 e. The van der Waals surface area contributed by atoms with E-state index in [1.165, 1.54) is 24.3 Å². The average Bonchev–Trinajstić information content (AvgIpc) is 2.37. The van der Waals surface area contributed by atoms with Crippen LogP contribution in [0.5, 0.6) is 0 Å². The van der Waals surface area contributed by atoms with Gasteiger partial charge in [0.2, 0.25) is 0 Å². The fourth-order valence-electron chi connectivity index (χ4n) is 1.75. The molecule has 6 heteroatoms. The average molecular weight is 364 g/mol. The number of benzene rings is 2. The van der Waals surface area contributed by atoms with E-state index >= 15 is 0 Å². The van der Waals surface area contributed by atoms with Crippen molar-refractivity contribution >= 4 is 33.3 Å². The fraction of sp³-hybridized carbons (Fsp3) is 0.0714. The molecule has 104 valence electrons.